The number of nitrogens with one attached hydrogen (secondary N) is 7. The Bertz CT molecular complexity index is 1440. The van der Waals surface area contributed by atoms with Gasteiger partial charge >= 0.3 is 5.97 Å². The molecule has 0 aromatic rings. The number of hydrogen-bond acceptors (Lipinski definition) is 13. The summed E-state index contributed by atoms with van der Waals surface area (Å²) >= 11 is 4.16. The maximum atomic E-state index is 13.5. The Morgan fingerprint density at radius 3 is 1.30 bits per heavy atom. The molecule has 0 aliphatic carbocycles. The fraction of sp³-hybridized carbons (Fsp3) is 0.763. The predicted molar refractivity (Wildman–Crippen MR) is 227 cm³/mol. The molecule has 344 valence electrons. The van der Waals surface area contributed by atoms with E-state index >= 15 is 0 Å². The number of thiol groups is 1. The van der Waals surface area contributed by atoms with Crippen LogP contribution in [-0.4, -0.2) is 126 Å². The van der Waals surface area contributed by atoms with Gasteiger partial charge in [0.05, 0.1) is 6.04 Å². The van der Waals surface area contributed by atoms with E-state index in [0.717, 1.165) is 0 Å². The van der Waals surface area contributed by atoms with Crippen LogP contribution in [0.5, 0.6) is 0 Å². The fourth-order valence-corrected chi connectivity index (χ4v) is 5.98. The summed E-state index contributed by atoms with van der Waals surface area (Å²) in [6.45, 7) is 10.8. The summed E-state index contributed by atoms with van der Waals surface area (Å²) in [6, 6.07) is -9.42. The third kappa shape index (κ3) is 22.7. The van der Waals surface area contributed by atoms with Crippen LogP contribution >= 0.6 is 12.6 Å². The SMILES string of the molecule is CC(C)C[C@H](NC(=O)[C@H](C)NC(=O)[C@H](CS)NC(=O)[C@H](CCC(N)=O)NC(=O)[C@@H](N)CCCCN)C(=O)N[C@@H](C)C(=O)N[C@@H](CC(C)C)C(=O)N[C@@H](CCCCN)C(=O)O. The van der Waals surface area contributed by atoms with Crippen molar-refractivity contribution in [3.8, 4) is 0 Å². The Morgan fingerprint density at radius 1 is 0.500 bits per heavy atom. The number of nitrogens with two attached hydrogens (primary N) is 4. The summed E-state index contributed by atoms with van der Waals surface area (Å²) in [5.74, 6) is -7.57. The molecule has 0 fully saturated rings. The van der Waals surface area contributed by atoms with E-state index in [1.807, 2.05) is 13.8 Å². The lowest BCUT2D eigenvalue weighted by molar-refractivity contribution is -0.142. The molecule has 0 bridgehead atoms. The van der Waals surface area contributed by atoms with Gasteiger partial charge in [0.2, 0.25) is 47.3 Å². The smallest absolute Gasteiger partial charge is 0.326 e. The highest BCUT2D eigenvalue weighted by atomic mass is 32.1. The van der Waals surface area contributed by atoms with Gasteiger partial charge in [0.25, 0.3) is 0 Å². The lowest BCUT2D eigenvalue weighted by atomic mass is 10.0. The average Bonchev–Trinajstić information content (AvgIpc) is 3.16. The number of carboxylic acids is 1. The number of amides is 8. The monoisotopic (exact) mass is 874 g/mol. The summed E-state index contributed by atoms with van der Waals surface area (Å²) in [5.41, 5.74) is 22.2. The fourth-order valence-electron chi connectivity index (χ4n) is 5.72. The molecule has 0 heterocycles. The summed E-state index contributed by atoms with van der Waals surface area (Å²) in [6.07, 6.45) is 2.59. The third-order valence-corrected chi connectivity index (χ3v) is 9.54. The van der Waals surface area contributed by atoms with E-state index in [0.29, 0.717) is 45.2 Å². The van der Waals surface area contributed by atoms with E-state index in [2.05, 4.69) is 49.8 Å². The number of hydrogen-bond donors (Lipinski definition) is 13. The molecular weight excluding hydrogens is 803 g/mol. The molecule has 16 N–H and O–H groups in total. The zero-order valence-corrected chi connectivity index (χ0v) is 36.7. The number of aliphatic carboxylic acids is 1. The molecule has 0 saturated heterocycles. The van der Waals surface area contributed by atoms with Gasteiger partial charge < -0.3 is 65.3 Å². The van der Waals surface area contributed by atoms with Crippen molar-refractivity contribution in [2.24, 2.45) is 34.8 Å². The molecule has 0 unspecified atom stereocenters. The second kappa shape index (κ2) is 29.6. The molecule has 0 aliphatic heterocycles. The minimum atomic E-state index is -1.30. The summed E-state index contributed by atoms with van der Waals surface area (Å²) in [4.78, 5) is 116. The van der Waals surface area contributed by atoms with Crippen molar-refractivity contribution < 1.29 is 48.3 Å². The molecule has 0 aliphatic rings. The van der Waals surface area contributed by atoms with Crippen LogP contribution in [0, 0.1) is 11.8 Å². The van der Waals surface area contributed by atoms with Crippen molar-refractivity contribution in [3.05, 3.63) is 0 Å². The maximum Gasteiger partial charge on any atom is 0.326 e. The van der Waals surface area contributed by atoms with Gasteiger partial charge in [-0.3, -0.25) is 38.4 Å². The third-order valence-electron chi connectivity index (χ3n) is 9.18. The van der Waals surface area contributed by atoms with Gasteiger partial charge in [-0.05, 0) is 90.1 Å². The maximum absolute atomic E-state index is 13.5. The van der Waals surface area contributed by atoms with Crippen molar-refractivity contribution in [2.75, 3.05) is 18.8 Å². The first kappa shape index (κ1) is 55.5. The normalized spacial score (nSPS) is 15.2. The Hall–Kier alpha value is -4.54. The topological polar surface area (TPSA) is 362 Å². The van der Waals surface area contributed by atoms with Crippen molar-refractivity contribution in [1.82, 2.24) is 37.2 Å². The standard InChI is InChI=1S/C38H71N11O10S/c1-20(2)17-27(35(55)43-22(5)31(51)48-28(18-21(3)4)36(56)46-26(38(58)59)12-8-10-16-40)47-32(52)23(6)44-37(57)29(19-60)49-34(54)25(13-14-30(42)50)45-33(53)24(41)11-7-9-15-39/h20-29,60H,7-19,39-41H2,1-6H3,(H2,42,50)(H,43,55)(H,44,57)(H,45,53)(H,46,56)(H,47,52)(H,48,51)(H,49,54)(H,58,59)/t22-,23-,24-,25-,26-,27-,28-,29-/m0/s1. The number of carboxylic acid groups (broad SMARTS) is 1. The van der Waals surface area contributed by atoms with E-state index < -0.39 is 102 Å². The van der Waals surface area contributed by atoms with Crippen LogP contribution in [0.2, 0.25) is 0 Å². The second-order valence-corrected chi connectivity index (χ2v) is 16.1. The molecule has 60 heavy (non-hydrogen) atoms. The van der Waals surface area contributed by atoms with Crippen LogP contribution in [0.1, 0.15) is 106 Å². The first-order valence-corrected chi connectivity index (χ1v) is 21.1. The van der Waals surface area contributed by atoms with Crippen LogP contribution in [0.15, 0.2) is 0 Å². The molecule has 0 saturated carbocycles. The van der Waals surface area contributed by atoms with Crippen LogP contribution in [0.3, 0.4) is 0 Å². The van der Waals surface area contributed by atoms with E-state index in [4.69, 9.17) is 22.9 Å². The molecular formula is C38H71N11O10S. The Balaban J connectivity index is 5.72. The highest BCUT2D eigenvalue weighted by Gasteiger charge is 2.33. The number of carbonyl (C=O) groups is 9. The van der Waals surface area contributed by atoms with E-state index in [9.17, 15) is 48.3 Å². The van der Waals surface area contributed by atoms with Gasteiger partial charge in [-0.15, -0.1) is 0 Å². The quantitative estimate of drug-likeness (QED) is 0.0251. The molecule has 0 radical (unpaired) electrons. The number of primary amides is 1. The Morgan fingerprint density at radius 2 is 0.883 bits per heavy atom. The highest BCUT2D eigenvalue weighted by molar-refractivity contribution is 7.80. The zero-order chi connectivity index (χ0) is 46.1. The highest BCUT2D eigenvalue weighted by Crippen LogP contribution is 2.10. The minimum Gasteiger partial charge on any atom is -0.480 e. The van der Waals surface area contributed by atoms with Crippen LogP contribution in [-0.2, 0) is 43.2 Å². The second-order valence-electron chi connectivity index (χ2n) is 15.7. The Kier molecular flexibility index (Phi) is 27.4. The van der Waals surface area contributed by atoms with Gasteiger partial charge in [0.1, 0.15) is 42.3 Å². The molecule has 21 nitrogen and oxygen atoms in total. The largest absolute Gasteiger partial charge is 0.480 e. The van der Waals surface area contributed by atoms with Gasteiger partial charge in [-0.2, -0.15) is 12.6 Å². The molecule has 0 aromatic heterocycles. The number of unbranched alkanes of at least 4 members (excludes halogenated alkanes) is 2. The summed E-state index contributed by atoms with van der Waals surface area (Å²) in [7, 11) is 0. The van der Waals surface area contributed by atoms with Gasteiger partial charge in [0, 0.05) is 12.2 Å². The van der Waals surface area contributed by atoms with Crippen LogP contribution in [0.4, 0.5) is 0 Å². The van der Waals surface area contributed by atoms with Crippen molar-refractivity contribution in [1.29, 1.82) is 0 Å². The van der Waals surface area contributed by atoms with E-state index in [1.165, 1.54) is 13.8 Å². The predicted octanol–water partition coefficient (Wildman–Crippen LogP) is -2.62. The lowest BCUT2D eigenvalue weighted by Crippen LogP contribution is -2.59. The molecule has 0 aromatic carbocycles. The number of carbonyl (C=O) groups excluding carboxylic acids is 8. The van der Waals surface area contributed by atoms with Gasteiger partial charge in [-0.25, -0.2) is 4.79 Å². The summed E-state index contributed by atoms with van der Waals surface area (Å²) < 4.78 is 0. The molecule has 8 amide bonds. The first-order valence-electron chi connectivity index (χ1n) is 20.5. The Labute approximate surface area is 358 Å². The first-order chi connectivity index (χ1) is 28.1. The van der Waals surface area contributed by atoms with Gasteiger partial charge in [0.15, 0.2) is 0 Å². The van der Waals surface area contributed by atoms with Crippen molar-refractivity contribution in [2.45, 2.75) is 154 Å². The number of rotatable bonds is 31. The average molecular weight is 874 g/mol. The van der Waals surface area contributed by atoms with Gasteiger partial charge in [-0.1, -0.05) is 34.1 Å². The lowest BCUT2D eigenvalue weighted by Gasteiger charge is -2.27. The van der Waals surface area contributed by atoms with Crippen molar-refractivity contribution in [3.63, 3.8) is 0 Å². The molecule has 8 atom stereocenters. The van der Waals surface area contributed by atoms with Crippen LogP contribution in [0.25, 0.3) is 0 Å². The zero-order valence-electron chi connectivity index (χ0n) is 35.8. The van der Waals surface area contributed by atoms with Crippen molar-refractivity contribution >= 4 is 65.9 Å². The molecule has 0 spiro atoms. The summed E-state index contributed by atoms with van der Waals surface area (Å²) in [5, 5.41) is 27.2. The molecule has 22 heteroatoms. The van der Waals surface area contributed by atoms with E-state index in [1.54, 1.807) is 13.8 Å². The van der Waals surface area contributed by atoms with E-state index in [-0.39, 0.29) is 49.7 Å². The molecule has 0 rings (SSSR count). The minimum absolute atomic E-state index is 0.0714. The van der Waals surface area contributed by atoms with Crippen LogP contribution < -0.4 is 60.2 Å².